The maximum absolute atomic E-state index is 13.7. The lowest BCUT2D eigenvalue weighted by Crippen LogP contribution is -2.13. The molecule has 1 amide bonds. The molecule has 0 saturated carbocycles. The largest absolute Gasteiger partial charge is 0.467 e. The maximum atomic E-state index is 13.7. The summed E-state index contributed by atoms with van der Waals surface area (Å²) < 4.78 is 21.1. The molecule has 6 nitrogen and oxygen atoms in total. The van der Waals surface area contributed by atoms with Gasteiger partial charge in [0.2, 0.25) is 5.91 Å². The molecule has 4 aromatic rings. The van der Waals surface area contributed by atoms with Crippen LogP contribution in [0.15, 0.2) is 82.6 Å². The van der Waals surface area contributed by atoms with Crippen LogP contribution >= 0.6 is 11.8 Å². The van der Waals surface area contributed by atoms with Crippen LogP contribution in [-0.2, 0) is 11.3 Å². The summed E-state index contributed by atoms with van der Waals surface area (Å²) in [6.07, 6.45) is 1.84. The predicted molar refractivity (Wildman–Crippen MR) is 114 cm³/mol. The van der Waals surface area contributed by atoms with Gasteiger partial charge in [-0.2, -0.15) is 0 Å². The lowest BCUT2D eigenvalue weighted by molar-refractivity contribution is -0.115. The fraction of sp³-hybridized carbons (Fsp3) is 0.136. The van der Waals surface area contributed by atoms with E-state index in [1.165, 1.54) is 23.9 Å². The monoisotopic (exact) mass is 422 g/mol. The zero-order valence-electron chi connectivity index (χ0n) is 16.0. The van der Waals surface area contributed by atoms with Gasteiger partial charge in [-0.25, -0.2) is 4.39 Å². The Kier molecular flexibility index (Phi) is 6.24. The minimum atomic E-state index is -0.454. The zero-order chi connectivity index (χ0) is 20.8. The summed E-state index contributed by atoms with van der Waals surface area (Å²) in [5.41, 5.74) is 1.13. The van der Waals surface area contributed by atoms with Crippen LogP contribution in [0, 0.1) is 5.82 Å². The number of halogens is 1. The number of carbonyl (C=O) groups is 1. The summed E-state index contributed by atoms with van der Waals surface area (Å²) in [6, 6.07) is 19.6. The standard InChI is InChI=1S/C22H19FN4O2S/c23-18-10-4-5-11-19(18)24-20(28)12-14-30-22-26-25-21(16-7-2-1-3-8-16)27(22)15-17-9-6-13-29-17/h1-11,13H,12,14-15H2,(H,24,28). The number of anilines is 1. The van der Waals surface area contributed by atoms with Gasteiger partial charge in [0.1, 0.15) is 11.6 Å². The average molecular weight is 422 g/mol. The second-order valence-electron chi connectivity index (χ2n) is 6.46. The molecule has 0 saturated heterocycles. The van der Waals surface area contributed by atoms with Gasteiger partial charge < -0.3 is 9.73 Å². The second kappa shape index (κ2) is 9.41. The second-order valence-corrected chi connectivity index (χ2v) is 7.53. The molecule has 8 heteroatoms. The molecule has 0 unspecified atom stereocenters. The van der Waals surface area contributed by atoms with Crippen LogP contribution < -0.4 is 5.32 Å². The fourth-order valence-electron chi connectivity index (χ4n) is 2.91. The van der Waals surface area contributed by atoms with Gasteiger partial charge in [0.25, 0.3) is 0 Å². The highest BCUT2D eigenvalue weighted by Crippen LogP contribution is 2.26. The molecule has 2 aromatic heterocycles. The number of para-hydroxylation sites is 1. The van der Waals surface area contributed by atoms with E-state index < -0.39 is 5.82 Å². The van der Waals surface area contributed by atoms with E-state index in [1.807, 2.05) is 47.0 Å². The van der Waals surface area contributed by atoms with Crippen molar-refractivity contribution in [3.63, 3.8) is 0 Å². The molecule has 0 fully saturated rings. The number of nitrogens with one attached hydrogen (secondary N) is 1. The van der Waals surface area contributed by atoms with Crippen molar-refractivity contribution in [2.24, 2.45) is 0 Å². The van der Waals surface area contributed by atoms with Crippen molar-refractivity contribution >= 4 is 23.4 Å². The van der Waals surface area contributed by atoms with Gasteiger partial charge >= 0.3 is 0 Å². The van der Waals surface area contributed by atoms with Crippen LogP contribution in [0.4, 0.5) is 10.1 Å². The molecule has 152 valence electrons. The molecular weight excluding hydrogens is 403 g/mol. The predicted octanol–water partition coefficient (Wildman–Crippen LogP) is 4.85. The van der Waals surface area contributed by atoms with Crippen LogP contribution in [0.5, 0.6) is 0 Å². The number of hydrogen-bond acceptors (Lipinski definition) is 5. The Bertz CT molecular complexity index is 1110. The number of aromatic nitrogens is 3. The molecular formula is C22H19FN4O2S. The SMILES string of the molecule is O=C(CCSc1nnc(-c2ccccc2)n1Cc1ccco1)Nc1ccccc1F. The summed E-state index contributed by atoms with van der Waals surface area (Å²) in [7, 11) is 0. The third kappa shape index (κ3) is 4.77. The number of rotatable bonds is 8. The molecule has 0 aliphatic rings. The molecule has 0 spiro atoms. The first kappa shape index (κ1) is 19.9. The highest BCUT2D eigenvalue weighted by molar-refractivity contribution is 7.99. The van der Waals surface area contributed by atoms with Crippen molar-refractivity contribution < 1.29 is 13.6 Å². The van der Waals surface area contributed by atoms with Crippen molar-refractivity contribution in [3.8, 4) is 11.4 Å². The van der Waals surface area contributed by atoms with Crippen molar-refractivity contribution in [1.29, 1.82) is 0 Å². The van der Waals surface area contributed by atoms with Gasteiger partial charge in [-0.15, -0.1) is 10.2 Å². The topological polar surface area (TPSA) is 73.0 Å². The van der Waals surface area contributed by atoms with E-state index >= 15 is 0 Å². The van der Waals surface area contributed by atoms with Crippen LogP contribution in [0.3, 0.4) is 0 Å². The molecule has 30 heavy (non-hydrogen) atoms. The van der Waals surface area contributed by atoms with Crippen molar-refractivity contribution in [2.45, 2.75) is 18.1 Å². The first-order valence-electron chi connectivity index (χ1n) is 9.39. The van der Waals surface area contributed by atoms with Crippen LogP contribution in [0.25, 0.3) is 11.4 Å². The number of thioether (sulfide) groups is 1. The summed E-state index contributed by atoms with van der Waals surface area (Å²) in [4.78, 5) is 12.2. The number of furan rings is 1. The molecule has 4 rings (SSSR count). The molecule has 2 aromatic carbocycles. The van der Waals surface area contributed by atoms with Crippen LogP contribution in [-0.4, -0.2) is 26.4 Å². The Hall–Kier alpha value is -3.39. The number of carbonyl (C=O) groups excluding carboxylic acids is 1. The first-order valence-corrected chi connectivity index (χ1v) is 10.4. The zero-order valence-corrected chi connectivity index (χ0v) is 16.8. The molecule has 2 heterocycles. The molecule has 0 aliphatic heterocycles. The van der Waals surface area contributed by atoms with Gasteiger partial charge in [0.15, 0.2) is 11.0 Å². The molecule has 0 radical (unpaired) electrons. The molecule has 0 atom stereocenters. The van der Waals surface area contributed by atoms with Gasteiger partial charge in [-0.05, 0) is 24.3 Å². The number of nitrogens with zero attached hydrogens (tertiary/aromatic N) is 3. The van der Waals surface area contributed by atoms with Crippen molar-refractivity contribution in [1.82, 2.24) is 14.8 Å². The first-order chi connectivity index (χ1) is 14.7. The third-order valence-corrected chi connectivity index (χ3v) is 5.32. The van der Waals surface area contributed by atoms with Crippen molar-refractivity contribution in [2.75, 3.05) is 11.1 Å². The highest BCUT2D eigenvalue weighted by atomic mass is 32.2. The Morgan fingerprint density at radius 3 is 2.60 bits per heavy atom. The van der Waals surface area contributed by atoms with Gasteiger partial charge in [0.05, 0.1) is 18.5 Å². The minimum absolute atomic E-state index is 0.180. The van der Waals surface area contributed by atoms with Gasteiger partial charge in [-0.3, -0.25) is 9.36 Å². The summed E-state index contributed by atoms with van der Waals surface area (Å²) in [5.74, 6) is 1.28. The Morgan fingerprint density at radius 2 is 1.83 bits per heavy atom. The lowest BCUT2D eigenvalue weighted by atomic mass is 10.2. The van der Waals surface area contributed by atoms with Crippen LogP contribution in [0.1, 0.15) is 12.2 Å². The smallest absolute Gasteiger partial charge is 0.225 e. The van der Waals surface area contributed by atoms with E-state index in [0.717, 1.165) is 17.1 Å². The summed E-state index contributed by atoms with van der Waals surface area (Å²) in [6.45, 7) is 0.480. The average Bonchev–Trinajstić information content (AvgIpc) is 3.41. The summed E-state index contributed by atoms with van der Waals surface area (Å²) >= 11 is 1.42. The maximum Gasteiger partial charge on any atom is 0.225 e. The van der Waals surface area contributed by atoms with Crippen LogP contribution in [0.2, 0.25) is 0 Å². The lowest BCUT2D eigenvalue weighted by Gasteiger charge is -2.09. The molecule has 1 N–H and O–H groups in total. The quantitative estimate of drug-likeness (QED) is 0.411. The number of benzene rings is 2. The number of amides is 1. The van der Waals surface area contributed by atoms with E-state index in [9.17, 15) is 9.18 Å². The highest BCUT2D eigenvalue weighted by Gasteiger charge is 2.16. The van der Waals surface area contributed by atoms with E-state index in [-0.39, 0.29) is 18.0 Å². The molecule has 0 bridgehead atoms. The summed E-state index contributed by atoms with van der Waals surface area (Å²) in [5, 5.41) is 11.9. The van der Waals surface area contributed by atoms with E-state index in [2.05, 4.69) is 15.5 Å². The van der Waals surface area contributed by atoms with E-state index in [4.69, 9.17) is 4.42 Å². The third-order valence-electron chi connectivity index (χ3n) is 4.35. The van der Waals surface area contributed by atoms with Gasteiger partial charge in [0, 0.05) is 17.7 Å². The normalized spacial score (nSPS) is 10.8. The Labute approximate surface area is 177 Å². The Morgan fingerprint density at radius 1 is 1.03 bits per heavy atom. The van der Waals surface area contributed by atoms with E-state index in [0.29, 0.717) is 17.5 Å². The molecule has 0 aliphatic carbocycles. The number of hydrogen-bond donors (Lipinski definition) is 1. The Balaban J connectivity index is 1.45. The van der Waals surface area contributed by atoms with Gasteiger partial charge in [-0.1, -0.05) is 54.2 Å². The fourth-order valence-corrected chi connectivity index (χ4v) is 3.78. The minimum Gasteiger partial charge on any atom is -0.467 e. The van der Waals surface area contributed by atoms with Crippen molar-refractivity contribution in [3.05, 3.63) is 84.6 Å². The van der Waals surface area contributed by atoms with E-state index in [1.54, 1.807) is 18.4 Å².